The molecule has 0 saturated carbocycles. The molecule has 1 fully saturated rings. The maximum atomic E-state index is 11.0. The third kappa shape index (κ3) is 2.87. The van der Waals surface area contributed by atoms with Crippen molar-refractivity contribution in [3.05, 3.63) is 27.9 Å². The van der Waals surface area contributed by atoms with Gasteiger partial charge in [-0.1, -0.05) is 6.92 Å². The van der Waals surface area contributed by atoms with E-state index in [2.05, 4.69) is 4.98 Å². The first-order valence-electron chi connectivity index (χ1n) is 6.10. The number of nitro groups is 1. The van der Waals surface area contributed by atoms with E-state index in [0.29, 0.717) is 25.4 Å². The average molecular weight is 265 g/mol. The summed E-state index contributed by atoms with van der Waals surface area (Å²) in [7, 11) is 0. The van der Waals surface area contributed by atoms with E-state index < -0.39 is 11.0 Å². The highest BCUT2D eigenvalue weighted by atomic mass is 16.6. The number of aromatic nitrogens is 1. The van der Waals surface area contributed by atoms with Gasteiger partial charge in [-0.25, -0.2) is 0 Å². The fraction of sp³-hybridized carbons (Fsp3) is 0.500. The minimum Gasteiger partial charge on any atom is -0.367 e. The van der Waals surface area contributed by atoms with E-state index in [1.54, 1.807) is 11.0 Å². The molecule has 0 aromatic carbocycles. The van der Waals surface area contributed by atoms with Crippen molar-refractivity contribution in [3.8, 4) is 0 Å². The van der Waals surface area contributed by atoms with Gasteiger partial charge in [-0.05, 0) is 28.0 Å². The van der Waals surface area contributed by atoms with Crippen LogP contribution in [0.25, 0.3) is 0 Å². The number of hydrogen-bond acceptors (Lipinski definition) is 6. The Bertz CT molecular complexity index is 492. The molecule has 0 aliphatic carbocycles. The third-order valence-corrected chi connectivity index (χ3v) is 3.07. The van der Waals surface area contributed by atoms with Crippen LogP contribution in [0.15, 0.2) is 12.3 Å². The van der Waals surface area contributed by atoms with Crippen LogP contribution in [-0.4, -0.2) is 42.0 Å². The van der Waals surface area contributed by atoms with Crippen molar-refractivity contribution in [2.75, 3.05) is 24.6 Å². The van der Waals surface area contributed by atoms with Gasteiger partial charge in [0.15, 0.2) is 6.29 Å². The topological polar surface area (TPSA) is 85.6 Å². The van der Waals surface area contributed by atoms with E-state index in [1.807, 2.05) is 6.92 Å². The van der Waals surface area contributed by atoms with Gasteiger partial charge in [0.05, 0.1) is 13.2 Å². The Balaban J connectivity index is 2.35. The Labute approximate surface area is 110 Å². The molecule has 2 heterocycles. The van der Waals surface area contributed by atoms with Crippen LogP contribution in [0.3, 0.4) is 0 Å². The third-order valence-electron chi connectivity index (χ3n) is 3.07. The summed E-state index contributed by atoms with van der Waals surface area (Å²) in [5.74, 6) is -0.177. The molecule has 102 valence electrons. The van der Waals surface area contributed by atoms with Crippen LogP contribution in [0.1, 0.15) is 12.5 Å². The quantitative estimate of drug-likeness (QED) is 0.458. The van der Waals surface area contributed by atoms with Gasteiger partial charge in [0.2, 0.25) is 0 Å². The predicted molar refractivity (Wildman–Crippen MR) is 68.3 cm³/mol. The molecule has 0 spiro atoms. The van der Waals surface area contributed by atoms with Gasteiger partial charge in [-0.3, -0.25) is 0 Å². The molecule has 7 nitrogen and oxygen atoms in total. The Morgan fingerprint density at radius 3 is 3.11 bits per heavy atom. The monoisotopic (exact) mass is 265 g/mol. The van der Waals surface area contributed by atoms with Gasteiger partial charge in [-0.15, -0.1) is 0 Å². The first kappa shape index (κ1) is 13.4. The summed E-state index contributed by atoms with van der Waals surface area (Å²) in [4.78, 5) is 27.0. The zero-order valence-corrected chi connectivity index (χ0v) is 10.6. The number of morpholine rings is 1. The molecule has 2 rings (SSSR count). The van der Waals surface area contributed by atoms with Crippen molar-refractivity contribution in [3.63, 3.8) is 0 Å². The fourth-order valence-electron chi connectivity index (χ4n) is 2.03. The molecular weight excluding hydrogens is 250 g/mol. The molecule has 7 heteroatoms. The van der Waals surface area contributed by atoms with Crippen LogP contribution in [0.2, 0.25) is 0 Å². The van der Waals surface area contributed by atoms with E-state index in [1.165, 1.54) is 6.20 Å². The number of carbonyl (C=O) groups excluding carboxylic acids is 1. The molecule has 0 amide bonds. The van der Waals surface area contributed by atoms with Crippen molar-refractivity contribution in [1.82, 2.24) is 4.98 Å². The number of hydrogen-bond donors (Lipinski definition) is 0. The Hall–Kier alpha value is -2.02. The molecule has 1 atom stereocenters. The lowest BCUT2D eigenvalue weighted by Crippen LogP contribution is -2.43. The van der Waals surface area contributed by atoms with Gasteiger partial charge in [0.25, 0.3) is 0 Å². The average Bonchev–Trinajstić information content (AvgIpc) is 2.46. The van der Waals surface area contributed by atoms with Crippen molar-refractivity contribution >= 4 is 17.8 Å². The summed E-state index contributed by atoms with van der Waals surface area (Å²) >= 11 is 0. The number of rotatable bonds is 4. The van der Waals surface area contributed by atoms with E-state index in [4.69, 9.17) is 4.74 Å². The molecule has 1 aliphatic heterocycles. The first-order valence-corrected chi connectivity index (χ1v) is 6.10. The van der Waals surface area contributed by atoms with E-state index in [0.717, 1.165) is 18.3 Å². The minimum atomic E-state index is -0.543. The summed E-state index contributed by atoms with van der Waals surface area (Å²) in [5, 5.41) is 11.0. The standard InChI is InChI=1S/C12H15N3O4/c1-2-9-5-11(12(13-6-9)15(17)18)14-3-4-19-10(7-14)8-16/h5-6,8,10H,2-4,7H2,1H3. The number of aldehydes is 1. The summed E-state index contributed by atoms with van der Waals surface area (Å²) in [6.45, 7) is 3.16. The highest BCUT2D eigenvalue weighted by Gasteiger charge is 2.27. The Morgan fingerprint density at radius 2 is 2.47 bits per heavy atom. The first-order chi connectivity index (χ1) is 9.15. The molecule has 0 N–H and O–H groups in total. The number of aryl methyl sites for hydroxylation is 1. The van der Waals surface area contributed by atoms with Gasteiger partial charge < -0.3 is 24.5 Å². The number of pyridine rings is 1. The molecule has 1 aromatic heterocycles. The van der Waals surface area contributed by atoms with E-state index in [9.17, 15) is 14.9 Å². The maximum Gasteiger partial charge on any atom is 0.387 e. The second kappa shape index (κ2) is 5.75. The van der Waals surface area contributed by atoms with Crippen molar-refractivity contribution < 1.29 is 14.5 Å². The Morgan fingerprint density at radius 1 is 1.68 bits per heavy atom. The van der Waals surface area contributed by atoms with E-state index >= 15 is 0 Å². The number of nitrogens with zero attached hydrogens (tertiary/aromatic N) is 3. The number of ether oxygens (including phenoxy) is 1. The van der Waals surface area contributed by atoms with Crippen molar-refractivity contribution in [2.45, 2.75) is 19.4 Å². The summed E-state index contributed by atoms with van der Waals surface area (Å²) in [6, 6.07) is 1.76. The number of anilines is 1. The van der Waals surface area contributed by atoms with Gasteiger partial charge in [-0.2, -0.15) is 0 Å². The fourth-order valence-corrected chi connectivity index (χ4v) is 2.03. The second-order valence-electron chi connectivity index (χ2n) is 4.29. The van der Waals surface area contributed by atoms with Crippen LogP contribution >= 0.6 is 0 Å². The van der Waals surface area contributed by atoms with Crippen molar-refractivity contribution in [1.29, 1.82) is 0 Å². The lowest BCUT2D eigenvalue weighted by molar-refractivity contribution is -0.388. The molecule has 0 bridgehead atoms. The molecular formula is C12H15N3O4. The highest BCUT2D eigenvalue weighted by molar-refractivity contribution is 5.64. The minimum absolute atomic E-state index is 0.177. The lowest BCUT2D eigenvalue weighted by Gasteiger charge is -2.31. The molecule has 0 radical (unpaired) electrons. The number of carbonyl (C=O) groups is 1. The molecule has 1 saturated heterocycles. The SMILES string of the molecule is CCc1cnc([N+](=O)[O-])c(N2CCOC(C=O)C2)c1. The zero-order valence-electron chi connectivity index (χ0n) is 10.6. The molecule has 1 aliphatic rings. The summed E-state index contributed by atoms with van der Waals surface area (Å²) in [5.41, 5.74) is 1.38. The van der Waals surface area contributed by atoms with Gasteiger partial charge in [0.1, 0.15) is 18.0 Å². The Kier molecular flexibility index (Phi) is 4.06. The van der Waals surface area contributed by atoms with E-state index in [-0.39, 0.29) is 5.82 Å². The zero-order chi connectivity index (χ0) is 13.8. The maximum absolute atomic E-state index is 11.0. The smallest absolute Gasteiger partial charge is 0.367 e. The van der Waals surface area contributed by atoms with Crippen LogP contribution in [0.4, 0.5) is 11.5 Å². The van der Waals surface area contributed by atoms with Gasteiger partial charge in [0, 0.05) is 6.54 Å². The largest absolute Gasteiger partial charge is 0.387 e. The lowest BCUT2D eigenvalue weighted by atomic mass is 10.2. The summed E-state index contributed by atoms with van der Waals surface area (Å²) < 4.78 is 5.24. The normalized spacial score (nSPS) is 19.2. The van der Waals surface area contributed by atoms with Crippen LogP contribution in [0, 0.1) is 10.1 Å². The predicted octanol–water partition coefficient (Wildman–Crippen LogP) is 0.956. The van der Waals surface area contributed by atoms with Crippen molar-refractivity contribution in [2.24, 2.45) is 0 Å². The van der Waals surface area contributed by atoms with Gasteiger partial charge >= 0.3 is 5.82 Å². The second-order valence-corrected chi connectivity index (χ2v) is 4.29. The molecule has 1 aromatic rings. The molecule has 19 heavy (non-hydrogen) atoms. The highest BCUT2D eigenvalue weighted by Crippen LogP contribution is 2.28. The van der Waals surface area contributed by atoms with Crippen LogP contribution in [-0.2, 0) is 16.0 Å². The summed E-state index contributed by atoms with van der Waals surface area (Å²) in [6.07, 6.45) is 2.44. The van der Waals surface area contributed by atoms with Crippen LogP contribution < -0.4 is 4.90 Å². The van der Waals surface area contributed by atoms with Crippen LogP contribution in [0.5, 0.6) is 0 Å². The molecule has 1 unspecified atom stereocenters.